The molecule has 23 heavy (non-hydrogen) atoms. The minimum Gasteiger partial charge on any atom is -0.493 e. The summed E-state index contributed by atoms with van der Waals surface area (Å²) in [6, 6.07) is 6.84. The Labute approximate surface area is 143 Å². The number of benzene rings is 1. The summed E-state index contributed by atoms with van der Waals surface area (Å²) in [7, 11) is 3.90. The van der Waals surface area contributed by atoms with Gasteiger partial charge in [0.15, 0.2) is 11.5 Å². The van der Waals surface area contributed by atoms with Crippen molar-refractivity contribution in [2.75, 3.05) is 38.8 Å². The van der Waals surface area contributed by atoms with E-state index in [1.54, 1.807) is 7.11 Å². The van der Waals surface area contributed by atoms with Crippen LogP contribution in [0.15, 0.2) is 18.2 Å². The molecule has 128 valence electrons. The maximum Gasteiger partial charge on any atom is 0.161 e. The summed E-state index contributed by atoms with van der Waals surface area (Å²) in [5, 5.41) is 0. The Kier molecular flexibility index (Phi) is 5.72. The van der Waals surface area contributed by atoms with Crippen LogP contribution in [0.5, 0.6) is 11.5 Å². The third-order valence-electron chi connectivity index (χ3n) is 4.95. The van der Waals surface area contributed by atoms with E-state index in [0.29, 0.717) is 18.1 Å². The highest BCUT2D eigenvalue weighted by molar-refractivity contribution is 7.99. The lowest BCUT2D eigenvalue weighted by Crippen LogP contribution is -2.23. The summed E-state index contributed by atoms with van der Waals surface area (Å²) in [6.07, 6.45) is 3.81. The van der Waals surface area contributed by atoms with E-state index in [1.807, 2.05) is 11.8 Å². The lowest BCUT2D eigenvalue weighted by atomic mass is 9.99. The van der Waals surface area contributed by atoms with E-state index in [2.05, 4.69) is 30.1 Å². The van der Waals surface area contributed by atoms with Crippen LogP contribution in [0.2, 0.25) is 0 Å². The molecule has 3 atom stereocenters. The number of nitrogens with zero attached hydrogens (tertiary/aromatic N) is 1. The van der Waals surface area contributed by atoms with Gasteiger partial charge in [-0.05, 0) is 62.2 Å². The van der Waals surface area contributed by atoms with Crippen LogP contribution in [0.25, 0.3) is 0 Å². The predicted octanol–water partition coefficient (Wildman–Crippen LogP) is 2.92. The van der Waals surface area contributed by atoms with Crippen LogP contribution < -0.4 is 15.2 Å². The van der Waals surface area contributed by atoms with E-state index in [9.17, 15) is 0 Å². The first-order valence-electron chi connectivity index (χ1n) is 8.54. The Bertz CT molecular complexity index is 520. The molecule has 4 nitrogen and oxygen atoms in total. The second-order valence-corrected chi connectivity index (χ2v) is 7.81. The molecule has 0 spiro atoms. The Morgan fingerprint density at radius 2 is 2.22 bits per heavy atom. The summed E-state index contributed by atoms with van der Waals surface area (Å²) < 4.78 is 11.8. The smallest absolute Gasteiger partial charge is 0.161 e. The van der Waals surface area contributed by atoms with Gasteiger partial charge in [-0.25, -0.2) is 0 Å². The molecule has 0 radical (unpaired) electrons. The number of rotatable bonds is 5. The quantitative estimate of drug-likeness (QED) is 0.896. The van der Waals surface area contributed by atoms with Crippen molar-refractivity contribution in [1.82, 2.24) is 4.90 Å². The molecule has 2 aliphatic heterocycles. The Hall–Kier alpha value is -0.910. The lowest BCUT2D eigenvalue weighted by Gasteiger charge is -2.25. The standard InChI is InChI=1S/C18H28N2O2S/c1-20-11-13(10-19)8-16(20)14-5-6-17(18(9-14)21-2)22-15-4-3-7-23-12-15/h5-6,9,13,15-16H,3-4,7-8,10-12,19H2,1-2H3. The van der Waals surface area contributed by atoms with E-state index in [4.69, 9.17) is 15.2 Å². The third-order valence-corrected chi connectivity index (χ3v) is 6.14. The third kappa shape index (κ3) is 3.95. The molecule has 2 saturated heterocycles. The maximum atomic E-state index is 6.18. The van der Waals surface area contributed by atoms with Gasteiger partial charge in [-0.1, -0.05) is 6.07 Å². The van der Waals surface area contributed by atoms with Gasteiger partial charge < -0.3 is 15.2 Å². The highest BCUT2D eigenvalue weighted by Gasteiger charge is 2.30. The molecule has 3 rings (SSSR count). The Morgan fingerprint density at radius 3 is 2.87 bits per heavy atom. The highest BCUT2D eigenvalue weighted by atomic mass is 32.2. The first-order chi connectivity index (χ1) is 11.2. The van der Waals surface area contributed by atoms with Gasteiger partial charge in [0.25, 0.3) is 0 Å². The van der Waals surface area contributed by atoms with E-state index < -0.39 is 0 Å². The summed E-state index contributed by atoms with van der Waals surface area (Å²) in [6.45, 7) is 1.83. The van der Waals surface area contributed by atoms with Crippen molar-refractivity contribution < 1.29 is 9.47 Å². The lowest BCUT2D eigenvalue weighted by molar-refractivity contribution is 0.202. The average Bonchev–Trinajstić information content (AvgIpc) is 2.97. The zero-order valence-corrected chi connectivity index (χ0v) is 15.0. The second kappa shape index (κ2) is 7.77. The van der Waals surface area contributed by atoms with Crippen molar-refractivity contribution in [3.8, 4) is 11.5 Å². The normalized spacial score (nSPS) is 28.7. The topological polar surface area (TPSA) is 47.7 Å². The number of methoxy groups -OCH3 is 1. The van der Waals surface area contributed by atoms with Gasteiger partial charge in [0, 0.05) is 18.3 Å². The average molecular weight is 337 g/mol. The zero-order valence-electron chi connectivity index (χ0n) is 14.2. The molecule has 0 amide bonds. The summed E-state index contributed by atoms with van der Waals surface area (Å²) in [4.78, 5) is 2.39. The van der Waals surface area contributed by atoms with Crippen LogP contribution in [0.4, 0.5) is 0 Å². The van der Waals surface area contributed by atoms with Crippen molar-refractivity contribution in [1.29, 1.82) is 0 Å². The molecule has 3 unspecified atom stereocenters. The molecule has 1 aromatic rings. The molecule has 1 aromatic carbocycles. The minimum absolute atomic E-state index is 0.310. The Morgan fingerprint density at radius 1 is 1.35 bits per heavy atom. The molecule has 5 heteroatoms. The second-order valence-electron chi connectivity index (χ2n) is 6.66. The molecule has 2 aliphatic rings. The monoisotopic (exact) mass is 336 g/mol. The first kappa shape index (κ1) is 16.9. The minimum atomic E-state index is 0.310. The predicted molar refractivity (Wildman–Crippen MR) is 96.5 cm³/mol. The molecule has 2 fully saturated rings. The summed E-state index contributed by atoms with van der Waals surface area (Å²) in [5.74, 6) is 4.65. The van der Waals surface area contributed by atoms with Crippen LogP contribution in [-0.2, 0) is 0 Å². The molecule has 0 bridgehead atoms. The summed E-state index contributed by atoms with van der Waals surface area (Å²) >= 11 is 1.98. The highest BCUT2D eigenvalue weighted by Crippen LogP contribution is 2.38. The van der Waals surface area contributed by atoms with Gasteiger partial charge in [-0.2, -0.15) is 11.8 Å². The Balaban J connectivity index is 1.74. The van der Waals surface area contributed by atoms with Crippen molar-refractivity contribution in [2.45, 2.75) is 31.4 Å². The van der Waals surface area contributed by atoms with Gasteiger partial charge in [-0.3, -0.25) is 4.90 Å². The van der Waals surface area contributed by atoms with E-state index >= 15 is 0 Å². The number of likely N-dealkylation sites (tertiary alicyclic amines) is 1. The van der Waals surface area contributed by atoms with Gasteiger partial charge in [0.2, 0.25) is 0 Å². The molecular formula is C18H28N2O2S. The van der Waals surface area contributed by atoms with Crippen molar-refractivity contribution >= 4 is 11.8 Å². The van der Waals surface area contributed by atoms with E-state index in [1.165, 1.54) is 17.7 Å². The number of hydrogen-bond acceptors (Lipinski definition) is 5. The SMILES string of the molecule is COc1cc(C2CC(CN)CN2C)ccc1OC1CCCSC1. The number of thioether (sulfide) groups is 1. The van der Waals surface area contributed by atoms with E-state index in [0.717, 1.165) is 43.2 Å². The van der Waals surface area contributed by atoms with E-state index in [-0.39, 0.29) is 0 Å². The first-order valence-corrected chi connectivity index (χ1v) is 9.69. The van der Waals surface area contributed by atoms with Crippen LogP contribution in [0.1, 0.15) is 30.9 Å². The van der Waals surface area contributed by atoms with Gasteiger partial charge in [0.05, 0.1) is 7.11 Å². The van der Waals surface area contributed by atoms with Crippen molar-refractivity contribution in [3.63, 3.8) is 0 Å². The summed E-state index contributed by atoms with van der Waals surface area (Å²) in [5.41, 5.74) is 7.14. The molecule has 0 aromatic heterocycles. The van der Waals surface area contributed by atoms with Gasteiger partial charge in [-0.15, -0.1) is 0 Å². The fraction of sp³-hybridized carbons (Fsp3) is 0.667. The maximum absolute atomic E-state index is 6.18. The molecule has 0 aliphatic carbocycles. The molecular weight excluding hydrogens is 308 g/mol. The van der Waals surface area contributed by atoms with Crippen LogP contribution in [-0.4, -0.2) is 49.8 Å². The van der Waals surface area contributed by atoms with Crippen LogP contribution in [0.3, 0.4) is 0 Å². The molecule has 0 saturated carbocycles. The van der Waals surface area contributed by atoms with Crippen LogP contribution >= 0.6 is 11.8 Å². The number of nitrogens with two attached hydrogens (primary N) is 1. The number of hydrogen-bond donors (Lipinski definition) is 1. The molecule has 2 heterocycles. The van der Waals surface area contributed by atoms with Crippen molar-refractivity contribution in [2.24, 2.45) is 11.7 Å². The molecule has 2 N–H and O–H groups in total. The fourth-order valence-corrected chi connectivity index (χ4v) is 4.67. The fourth-order valence-electron chi connectivity index (χ4n) is 3.64. The zero-order chi connectivity index (χ0) is 16.2. The van der Waals surface area contributed by atoms with Crippen molar-refractivity contribution in [3.05, 3.63) is 23.8 Å². The number of ether oxygens (including phenoxy) is 2. The van der Waals surface area contributed by atoms with Gasteiger partial charge >= 0.3 is 0 Å². The van der Waals surface area contributed by atoms with Gasteiger partial charge in [0.1, 0.15) is 6.10 Å². The largest absolute Gasteiger partial charge is 0.493 e. The van der Waals surface area contributed by atoms with Crippen LogP contribution in [0, 0.1) is 5.92 Å².